The lowest BCUT2D eigenvalue weighted by molar-refractivity contribution is 0.579. The number of benzene rings is 1. The van der Waals surface area contributed by atoms with Crippen molar-refractivity contribution < 1.29 is 4.55 Å². The molecular formula is C13H17NOS. The van der Waals surface area contributed by atoms with Gasteiger partial charge in [-0.15, -0.1) is 4.36 Å². The zero-order valence-electron chi connectivity index (χ0n) is 9.77. The molecule has 0 saturated heterocycles. The Kier molecular flexibility index (Phi) is 3.26. The second-order valence-corrected chi connectivity index (χ2v) is 6.42. The number of hydrogen-bond acceptors (Lipinski definition) is 2. The topological polar surface area (TPSA) is 35.4 Å². The van der Waals surface area contributed by atoms with E-state index in [1.165, 1.54) is 0 Å². The highest BCUT2D eigenvalue weighted by atomic mass is 32.3. The molecule has 1 unspecified atom stereocenters. The molecule has 1 atom stereocenters. The van der Waals surface area contributed by atoms with Gasteiger partial charge >= 0.3 is 0 Å². The number of nitrogens with zero attached hydrogens (tertiary/aromatic N) is 1. The quantitative estimate of drug-likeness (QED) is 0.736. The van der Waals surface area contributed by atoms with E-state index in [1.807, 2.05) is 37.3 Å². The third-order valence-corrected chi connectivity index (χ3v) is 5.18. The van der Waals surface area contributed by atoms with Gasteiger partial charge in [-0.25, -0.2) is 0 Å². The van der Waals surface area contributed by atoms with Crippen molar-refractivity contribution in [2.45, 2.75) is 31.6 Å². The molecule has 16 heavy (non-hydrogen) atoms. The van der Waals surface area contributed by atoms with Crippen molar-refractivity contribution in [2.75, 3.05) is 5.75 Å². The maximum Gasteiger partial charge on any atom is 0.144 e. The average molecular weight is 235 g/mol. The minimum absolute atomic E-state index is 0.672. The highest BCUT2D eigenvalue weighted by Crippen LogP contribution is 2.32. The molecule has 0 N–H and O–H groups in total. The van der Waals surface area contributed by atoms with Crippen molar-refractivity contribution in [2.24, 2.45) is 4.36 Å². The molecule has 1 aliphatic rings. The molecule has 0 saturated carbocycles. The van der Waals surface area contributed by atoms with Crippen LogP contribution in [0.1, 0.15) is 32.3 Å². The fourth-order valence-corrected chi connectivity index (χ4v) is 4.31. The molecule has 3 heteroatoms. The molecule has 0 radical (unpaired) electrons. The first kappa shape index (κ1) is 11.6. The molecule has 0 aliphatic carbocycles. The van der Waals surface area contributed by atoms with Crippen molar-refractivity contribution >= 4 is 16.2 Å². The third kappa shape index (κ3) is 2.11. The molecular weight excluding hydrogens is 218 g/mol. The first-order valence-corrected chi connectivity index (χ1v) is 7.36. The molecule has 2 rings (SSSR count). The number of allylic oxidation sites excluding steroid dienone is 1. The van der Waals surface area contributed by atoms with E-state index in [0.717, 1.165) is 29.0 Å². The molecule has 0 fully saturated rings. The van der Waals surface area contributed by atoms with Crippen LogP contribution in [0, 0.1) is 0 Å². The van der Waals surface area contributed by atoms with E-state index in [-0.39, 0.29) is 0 Å². The molecule has 0 amide bonds. The van der Waals surface area contributed by atoms with Gasteiger partial charge in [0.25, 0.3) is 0 Å². The van der Waals surface area contributed by atoms with Gasteiger partial charge < -0.3 is 4.55 Å². The summed E-state index contributed by atoms with van der Waals surface area (Å²) in [5, 5.41) is 0. The van der Waals surface area contributed by atoms with E-state index >= 15 is 0 Å². The summed E-state index contributed by atoms with van der Waals surface area (Å²) >= 11 is 0. The van der Waals surface area contributed by atoms with Gasteiger partial charge in [0.05, 0.1) is 11.4 Å². The van der Waals surface area contributed by atoms with Crippen LogP contribution in [0.3, 0.4) is 0 Å². The molecule has 1 aliphatic heterocycles. The molecule has 0 bridgehead atoms. The number of unbranched alkanes of at least 4 members (excludes halogenated alkanes) is 1. The van der Waals surface area contributed by atoms with Crippen LogP contribution < -0.4 is 0 Å². The van der Waals surface area contributed by atoms with Gasteiger partial charge in [-0.3, -0.25) is 0 Å². The van der Waals surface area contributed by atoms with E-state index in [4.69, 9.17) is 0 Å². The first-order chi connectivity index (χ1) is 7.65. The number of hydrogen-bond donors (Lipinski definition) is 0. The van der Waals surface area contributed by atoms with Crippen molar-refractivity contribution in [1.82, 2.24) is 0 Å². The first-order valence-electron chi connectivity index (χ1n) is 5.68. The largest absolute Gasteiger partial charge is 0.626 e. The van der Waals surface area contributed by atoms with Gasteiger partial charge in [0.15, 0.2) is 0 Å². The summed E-state index contributed by atoms with van der Waals surface area (Å²) < 4.78 is 17.2. The second-order valence-electron chi connectivity index (χ2n) is 4.11. The van der Waals surface area contributed by atoms with Crippen LogP contribution in [0.5, 0.6) is 0 Å². The Morgan fingerprint density at radius 1 is 1.31 bits per heavy atom. The Morgan fingerprint density at radius 2 is 2.06 bits per heavy atom. The minimum atomic E-state index is -2.20. The van der Waals surface area contributed by atoms with Crippen molar-refractivity contribution in [3.05, 3.63) is 35.5 Å². The monoisotopic (exact) mass is 235 g/mol. The van der Waals surface area contributed by atoms with Crippen molar-refractivity contribution in [1.29, 1.82) is 0 Å². The summed E-state index contributed by atoms with van der Waals surface area (Å²) in [6.07, 6.45) is 4.02. The summed E-state index contributed by atoms with van der Waals surface area (Å²) in [7, 11) is -2.20. The Morgan fingerprint density at radius 3 is 2.81 bits per heavy atom. The van der Waals surface area contributed by atoms with Gasteiger partial charge in [-0.05, 0) is 41.7 Å². The third-order valence-electron chi connectivity index (χ3n) is 2.69. The lowest BCUT2D eigenvalue weighted by Gasteiger charge is -2.26. The van der Waals surface area contributed by atoms with Gasteiger partial charge in [0, 0.05) is 5.56 Å². The average Bonchev–Trinajstić information content (AvgIpc) is 2.26. The fourth-order valence-electron chi connectivity index (χ4n) is 1.92. The zero-order valence-corrected chi connectivity index (χ0v) is 10.6. The second kappa shape index (κ2) is 4.52. The summed E-state index contributed by atoms with van der Waals surface area (Å²) in [5.41, 5.74) is 1.94. The highest BCUT2D eigenvalue weighted by Gasteiger charge is 2.23. The van der Waals surface area contributed by atoms with E-state index in [1.54, 1.807) is 0 Å². The standard InChI is InChI=1S/C13H17NOS/c1-3-4-9-16(15)13-8-6-5-7-12(13)10-11(2)14-16/h5-8,10H,3-4,9H2,1-2H3. The van der Waals surface area contributed by atoms with Gasteiger partial charge in [-0.2, -0.15) is 0 Å². The molecule has 0 aromatic heterocycles. The molecule has 1 heterocycles. The fraction of sp³-hybridized carbons (Fsp3) is 0.385. The lowest BCUT2D eigenvalue weighted by Crippen LogP contribution is -2.19. The maximum absolute atomic E-state index is 12.8. The van der Waals surface area contributed by atoms with Gasteiger partial charge in [0.2, 0.25) is 0 Å². The van der Waals surface area contributed by atoms with Crippen molar-refractivity contribution in [3.63, 3.8) is 0 Å². The van der Waals surface area contributed by atoms with E-state index in [9.17, 15) is 4.55 Å². The van der Waals surface area contributed by atoms with E-state index in [0.29, 0.717) is 5.75 Å². The number of rotatable bonds is 3. The van der Waals surface area contributed by atoms with Crippen LogP contribution in [0.4, 0.5) is 0 Å². The minimum Gasteiger partial charge on any atom is -0.626 e. The summed E-state index contributed by atoms with van der Waals surface area (Å²) in [4.78, 5) is 0.911. The molecule has 86 valence electrons. The van der Waals surface area contributed by atoms with Crippen LogP contribution in [0.15, 0.2) is 39.2 Å². The Labute approximate surface area is 98.3 Å². The summed E-state index contributed by atoms with van der Waals surface area (Å²) in [6.45, 7) is 4.03. The van der Waals surface area contributed by atoms with Gasteiger partial charge in [-0.1, -0.05) is 25.5 Å². The Hall–Kier alpha value is -0.930. The molecule has 1 aromatic rings. The molecule has 1 aromatic carbocycles. The predicted octanol–water partition coefficient (Wildman–Crippen LogP) is 3.69. The van der Waals surface area contributed by atoms with Crippen LogP contribution >= 0.6 is 0 Å². The lowest BCUT2D eigenvalue weighted by atomic mass is 10.2. The molecule has 2 nitrogen and oxygen atoms in total. The SMILES string of the molecule is CCCC[S+]1([O-])=NC(C)=Cc2ccccc21. The molecule has 0 spiro atoms. The summed E-state index contributed by atoms with van der Waals surface area (Å²) in [5.74, 6) is 0.672. The van der Waals surface area contributed by atoms with Crippen LogP contribution in [-0.4, -0.2) is 10.3 Å². The smallest absolute Gasteiger partial charge is 0.144 e. The summed E-state index contributed by atoms with van der Waals surface area (Å²) in [6, 6.07) is 7.88. The van der Waals surface area contributed by atoms with E-state index < -0.39 is 10.1 Å². The number of fused-ring (bicyclic) bond motifs is 1. The van der Waals surface area contributed by atoms with Crippen LogP contribution in [-0.2, 0) is 10.1 Å². The van der Waals surface area contributed by atoms with Crippen LogP contribution in [0.2, 0.25) is 0 Å². The maximum atomic E-state index is 12.8. The normalized spacial score (nSPS) is 23.3. The van der Waals surface area contributed by atoms with E-state index in [2.05, 4.69) is 11.3 Å². The highest BCUT2D eigenvalue weighted by molar-refractivity contribution is 8.00. The van der Waals surface area contributed by atoms with Gasteiger partial charge in [0.1, 0.15) is 4.90 Å². The predicted molar refractivity (Wildman–Crippen MR) is 68.7 cm³/mol. The Bertz CT molecular complexity index is 477. The Balaban J connectivity index is 2.49. The van der Waals surface area contributed by atoms with Crippen LogP contribution in [0.25, 0.3) is 6.08 Å². The van der Waals surface area contributed by atoms with Crippen molar-refractivity contribution in [3.8, 4) is 0 Å². The zero-order chi connectivity index (χ0) is 11.6.